The van der Waals surface area contributed by atoms with Crippen molar-refractivity contribution in [1.29, 1.82) is 0 Å². The lowest BCUT2D eigenvalue weighted by Crippen LogP contribution is -2.05. The van der Waals surface area contributed by atoms with Crippen molar-refractivity contribution in [3.8, 4) is 11.3 Å². The molecule has 0 radical (unpaired) electrons. The largest absolute Gasteiger partial charge is 0.464 e. The summed E-state index contributed by atoms with van der Waals surface area (Å²) in [5, 5.41) is 4.41. The number of nitrogens with zero attached hydrogens (tertiary/aromatic N) is 3. The Hall–Kier alpha value is -3.41. The van der Waals surface area contributed by atoms with Crippen LogP contribution in [0.2, 0.25) is 0 Å². The van der Waals surface area contributed by atoms with E-state index in [1.807, 2.05) is 31.4 Å². The number of rotatable bonds is 4. The molecule has 0 saturated heterocycles. The number of hydrogen-bond donors (Lipinski definition) is 0. The van der Waals surface area contributed by atoms with Crippen LogP contribution in [0.25, 0.3) is 22.4 Å². The molecule has 4 rings (SSSR count). The summed E-state index contributed by atoms with van der Waals surface area (Å²) in [5.74, 6) is -0.458. The predicted molar refractivity (Wildman–Crippen MR) is 96.8 cm³/mol. The van der Waals surface area contributed by atoms with Gasteiger partial charge in [-0.2, -0.15) is 5.10 Å². The number of ether oxygens (including phenoxy) is 1. The van der Waals surface area contributed by atoms with Gasteiger partial charge in [-0.3, -0.25) is 4.68 Å². The number of benzene rings is 1. The molecule has 26 heavy (non-hydrogen) atoms. The second kappa shape index (κ2) is 6.48. The molecule has 6 heteroatoms. The molecule has 0 aliphatic carbocycles. The van der Waals surface area contributed by atoms with Crippen molar-refractivity contribution >= 4 is 17.1 Å². The van der Waals surface area contributed by atoms with Crippen LogP contribution in [0.1, 0.15) is 21.6 Å². The number of aryl methyl sites for hydroxylation is 1. The highest BCUT2D eigenvalue weighted by molar-refractivity contribution is 5.91. The van der Waals surface area contributed by atoms with Crippen LogP contribution in [0, 0.1) is 0 Å². The zero-order chi connectivity index (χ0) is 18.1. The Morgan fingerprint density at radius 1 is 1.19 bits per heavy atom. The first-order valence-electron chi connectivity index (χ1n) is 8.18. The molecule has 3 aromatic heterocycles. The van der Waals surface area contributed by atoms with E-state index in [9.17, 15) is 4.79 Å². The van der Waals surface area contributed by atoms with Gasteiger partial charge in [-0.25, -0.2) is 9.78 Å². The van der Waals surface area contributed by atoms with Gasteiger partial charge in [-0.15, -0.1) is 0 Å². The summed E-state index contributed by atoms with van der Waals surface area (Å²) in [7, 11) is 3.24. The maximum absolute atomic E-state index is 11.9. The van der Waals surface area contributed by atoms with Gasteiger partial charge >= 0.3 is 5.97 Å². The molecule has 4 aromatic rings. The first kappa shape index (κ1) is 16.1. The maximum atomic E-state index is 11.9. The fourth-order valence-corrected chi connectivity index (χ4v) is 2.95. The lowest BCUT2D eigenvalue weighted by Gasteiger charge is -2.06. The van der Waals surface area contributed by atoms with Crippen LogP contribution in [0.5, 0.6) is 0 Å². The number of esters is 1. The van der Waals surface area contributed by atoms with Crippen molar-refractivity contribution in [2.24, 2.45) is 7.05 Å². The molecular formula is C20H17N3O3. The molecule has 0 N–H and O–H groups in total. The summed E-state index contributed by atoms with van der Waals surface area (Å²) >= 11 is 0. The Bertz CT molecular complexity index is 1080. The minimum atomic E-state index is -0.458. The third-order valence-corrected chi connectivity index (χ3v) is 4.24. The van der Waals surface area contributed by atoms with E-state index in [4.69, 9.17) is 9.15 Å². The SMILES string of the molecule is COC(=O)c1cc(Cc2ccc(-c3ccn(C)n3)cc2)c2occc2n1. The first-order valence-corrected chi connectivity index (χ1v) is 8.18. The molecule has 0 bridgehead atoms. The van der Waals surface area contributed by atoms with Gasteiger partial charge in [-0.05, 0) is 17.7 Å². The second-order valence-electron chi connectivity index (χ2n) is 6.04. The van der Waals surface area contributed by atoms with Gasteiger partial charge in [0.05, 0.1) is 19.1 Å². The van der Waals surface area contributed by atoms with E-state index < -0.39 is 5.97 Å². The molecular weight excluding hydrogens is 330 g/mol. The Balaban J connectivity index is 1.66. The fourth-order valence-electron chi connectivity index (χ4n) is 2.95. The van der Waals surface area contributed by atoms with Gasteiger partial charge in [-0.1, -0.05) is 24.3 Å². The molecule has 0 spiro atoms. The monoisotopic (exact) mass is 347 g/mol. The average molecular weight is 347 g/mol. The number of fused-ring (bicyclic) bond motifs is 1. The van der Waals surface area contributed by atoms with Gasteiger partial charge in [0.1, 0.15) is 11.2 Å². The first-order chi connectivity index (χ1) is 12.6. The Labute approximate surface area is 150 Å². The molecule has 0 unspecified atom stereocenters. The van der Waals surface area contributed by atoms with Gasteiger partial charge < -0.3 is 9.15 Å². The van der Waals surface area contributed by atoms with E-state index in [2.05, 4.69) is 22.2 Å². The molecule has 0 saturated carbocycles. The highest BCUT2D eigenvalue weighted by Crippen LogP contribution is 2.24. The molecule has 0 amide bonds. The molecule has 6 nitrogen and oxygen atoms in total. The van der Waals surface area contributed by atoms with Crippen LogP contribution in [0.15, 0.2) is 59.3 Å². The molecule has 1 aromatic carbocycles. The van der Waals surface area contributed by atoms with E-state index in [0.717, 1.165) is 22.4 Å². The van der Waals surface area contributed by atoms with Crippen molar-refractivity contribution in [2.45, 2.75) is 6.42 Å². The lowest BCUT2D eigenvalue weighted by atomic mass is 10.0. The number of furan rings is 1. The minimum Gasteiger partial charge on any atom is -0.464 e. The zero-order valence-electron chi connectivity index (χ0n) is 14.5. The predicted octanol–water partition coefficient (Wildman–Crippen LogP) is 3.61. The van der Waals surface area contributed by atoms with Gasteiger partial charge in [0.15, 0.2) is 5.58 Å². The normalized spacial score (nSPS) is 11.0. The summed E-state index contributed by atoms with van der Waals surface area (Å²) in [6.07, 6.45) is 4.12. The van der Waals surface area contributed by atoms with E-state index in [-0.39, 0.29) is 5.69 Å². The molecule has 0 fully saturated rings. The zero-order valence-corrected chi connectivity index (χ0v) is 14.5. The third-order valence-electron chi connectivity index (χ3n) is 4.24. The van der Waals surface area contributed by atoms with Crippen LogP contribution < -0.4 is 0 Å². The van der Waals surface area contributed by atoms with Crippen LogP contribution in [-0.4, -0.2) is 27.8 Å². The number of pyridine rings is 1. The number of carbonyl (C=O) groups excluding carboxylic acids is 1. The van der Waals surface area contributed by atoms with Crippen molar-refractivity contribution in [3.63, 3.8) is 0 Å². The van der Waals surface area contributed by atoms with Gasteiger partial charge in [0, 0.05) is 36.9 Å². The Morgan fingerprint density at radius 2 is 2.00 bits per heavy atom. The van der Waals surface area contributed by atoms with Crippen molar-refractivity contribution in [1.82, 2.24) is 14.8 Å². The highest BCUT2D eigenvalue weighted by Gasteiger charge is 2.15. The smallest absolute Gasteiger partial charge is 0.356 e. The van der Waals surface area contributed by atoms with E-state index in [1.165, 1.54) is 7.11 Å². The Kier molecular flexibility index (Phi) is 4.01. The summed E-state index contributed by atoms with van der Waals surface area (Å²) in [4.78, 5) is 16.1. The van der Waals surface area contributed by atoms with Crippen molar-refractivity contribution in [2.75, 3.05) is 7.11 Å². The summed E-state index contributed by atoms with van der Waals surface area (Å²) < 4.78 is 12.1. The second-order valence-corrected chi connectivity index (χ2v) is 6.04. The lowest BCUT2D eigenvalue weighted by molar-refractivity contribution is 0.0594. The highest BCUT2D eigenvalue weighted by atomic mass is 16.5. The summed E-state index contributed by atoms with van der Waals surface area (Å²) in [6, 6.07) is 13.6. The molecule has 0 aliphatic heterocycles. The third kappa shape index (κ3) is 2.97. The van der Waals surface area contributed by atoms with E-state index in [0.29, 0.717) is 17.5 Å². The van der Waals surface area contributed by atoms with Gasteiger partial charge in [0.25, 0.3) is 0 Å². The number of hydrogen-bond acceptors (Lipinski definition) is 5. The van der Waals surface area contributed by atoms with Crippen molar-refractivity contribution in [3.05, 3.63) is 71.7 Å². The van der Waals surface area contributed by atoms with Crippen LogP contribution in [-0.2, 0) is 18.2 Å². The summed E-state index contributed by atoms with van der Waals surface area (Å²) in [5.41, 5.74) is 5.60. The number of methoxy groups -OCH3 is 1. The standard InChI is InChI=1S/C20H17N3O3/c1-23-9-7-16(22-23)14-5-3-13(4-6-14)11-15-12-18(20(24)25-2)21-17-8-10-26-19(15)17/h3-10,12H,11H2,1-2H3. The van der Waals surface area contributed by atoms with Crippen LogP contribution >= 0.6 is 0 Å². The fraction of sp³-hybridized carbons (Fsp3) is 0.150. The van der Waals surface area contributed by atoms with Crippen LogP contribution in [0.3, 0.4) is 0 Å². The molecule has 0 atom stereocenters. The summed E-state index contributed by atoms with van der Waals surface area (Å²) in [6.45, 7) is 0. The molecule has 3 heterocycles. The quantitative estimate of drug-likeness (QED) is 0.528. The van der Waals surface area contributed by atoms with E-state index >= 15 is 0 Å². The maximum Gasteiger partial charge on any atom is 0.356 e. The topological polar surface area (TPSA) is 70.2 Å². The van der Waals surface area contributed by atoms with E-state index in [1.54, 1.807) is 23.1 Å². The minimum absolute atomic E-state index is 0.279. The van der Waals surface area contributed by atoms with Gasteiger partial charge in [0.2, 0.25) is 0 Å². The van der Waals surface area contributed by atoms with Crippen LogP contribution in [0.4, 0.5) is 0 Å². The molecule has 130 valence electrons. The number of carbonyl (C=O) groups is 1. The molecule has 0 aliphatic rings. The number of aromatic nitrogens is 3. The van der Waals surface area contributed by atoms with Crippen molar-refractivity contribution < 1.29 is 13.9 Å². The Morgan fingerprint density at radius 3 is 2.69 bits per heavy atom. The average Bonchev–Trinajstić information content (AvgIpc) is 3.30.